The van der Waals surface area contributed by atoms with Crippen LogP contribution in [0.3, 0.4) is 0 Å². The summed E-state index contributed by atoms with van der Waals surface area (Å²) < 4.78 is 7.46. The average Bonchev–Trinajstić information content (AvgIpc) is 3.36. The van der Waals surface area contributed by atoms with Crippen LogP contribution in [0.15, 0.2) is 79.4 Å². The van der Waals surface area contributed by atoms with Crippen molar-refractivity contribution in [3.63, 3.8) is 0 Å². The first-order chi connectivity index (χ1) is 22.6. The number of nitrogens with zero attached hydrogens (tertiary/aromatic N) is 7. The van der Waals surface area contributed by atoms with E-state index in [1.54, 1.807) is 12.4 Å². The number of fused-ring (bicyclic) bond motifs is 2. The average molecular weight is 632 g/mol. The van der Waals surface area contributed by atoms with Gasteiger partial charge in [0.25, 0.3) is 0 Å². The SMILES string of the molecule is CC[C@@H](Nc1c(C#N)cnc2c(Cl)cc(N[C@@H](c3cccnc3)c3cn(C4[C@H]5CN(C6COC6)C[C@@H]45)nn3)cc12)c1ccccc1. The summed E-state index contributed by atoms with van der Waals surface area (Å²) in [6.07, 6.45) is 8.10. The molecule has 1 unspecified atom stereocenters. The zero-order valence-electron chi connectivity index (χ0n) is 25.4. The van der Waals surface area contributed by atoms with Gasteiger partial charge in [-0.05, 0) is 35.7 Å². The number of benzene rings is 2. The number of aromatic nitrogens is 5. The summed E-state index contributed by atoms with van der Waals surface area (Å²) >= 11 is 6.88. The Morgan fingerprint density at radius 2 is 1.85 bits per heavy atom. The minimum absolute atomic E-state index is 0.00326. The van der Waals surface area contributed by atoms with Crippen LogP contribution in [-0.4, -0.2) is 62.2 Å². The van der Waals surface area contributed by atoms with Crippen LogP contribution in [0.25, 0.3) is 10.9 Å². The van der Waals surface area contributed by atoms with Crippen LogP contribution in [-0.2, 0) is 4.74 Å². The molecule has 1 saturated carbocycles. The van der Waals surface area contributed by atoms with Gasteiger partial charge in [0.2, 0.25) is 0 Å². The highest BCUT2D eigenvalue weighted by Crippen LogP contribution is 2.55. The normalized spacial score (nSPS) is 22.1. The van der Waals surface area contributed by atoms with E-state index in [-0.39, 0.29) is 12.1 Å². The fourth-order valence-corrected chi connectivity index (χ4v) is 7.39. The molecule has 0 bridgehead atoms. The summed E-state index contributed by atoms with van der Waals surface area (Å²) in [5, 5.41) is 27.9. The molecule has 2 aliphatic heterocycles. The lowest BCUT2D eigenvalue weighted by atomic mass is 10.0. The molecule has 2 aromatic carbocycles. The van der Waals surface area contributed by atoms with Crippen LogP contribution in [0, 0.1) is 23.2 Å². The smallest absolute Gasteiger partial charge is 0.110 e. The number of anilines is 2. The van der Waals surface area contributed by atoms with Crippen LogP contribution in [0.4, 0.5) is 11.4 Å². The number of nitriles is 1. The van der Waals surface area contributed by atoms with Gasteiger partial charge in [-0.15, -0.1) is 5.10 Å². The second kappa shape index (κ2) is 12.0. The minimum Gasteiger partial charge on any atom is -0.378 e. The molecule has 3 aliphatic rings. The van der Waals surface area contributed by atoms with Gasteiger partial charge >= 0.3 is 0 Å². The first kappa shape index (κ1) is 28.9. The van der Waals surface area contributed by atoms with E-state index in [9.17, 15) is 5.26 Å². The van der Waals surface area contributed by atoms with E-state index < -0.39 is 0 Å². The second-order valence-electron chi connectivity index (χ2n) is 12.5. The Morgan fingerprint density at radius 3 is 2.54 bits per heavy atom. The van der Waals surface area contributed by atoms with Gasteiger partial charge in [0.1, 0.15) is 11.8 Å². The monoisotopic (exact) mass is 631 g/mol. The standard InChI is InChI=1S/C35H34ClN9O/c1-2-30(21-7-4-3-5-8-21)41-32-23(13-37)15-39-34-26(32)11-24(12-29(34)36)40-33(22-9-6-10-38-14-22)31-18-45(43-42-31)35-27-16-44(17-28(27)35)25-19-46-20-25/h3-12,14-15,18,25,27-28,30,33,35,40H,2,16-17,19-20H2,1H3,(H,39,41)/t27-,28+,30-,33+,35?/m1/s1. The molecular formula is C35H34ClN9O. The number of hydrogen-bond donors (Lipinski definition) is 2. The highest BCUT2D eigenvalue weighted by molar-refractivity contribution is 6.35. The molecule has 5 aromatic rings. The molecule has 2 N–H and O–H groups in total. The van der Waals surface area contributed by atoms with E-state index in [4.69, 9.17) is 16.3 Å². The first-order valence-corrected chi connectivity index (χ1v) is 16.2. The number of halogens is 1. The Balaban J connectivity index is 1.11. The number of ether oxygens (including phenoxy) is 1. The Bertz CT molecular complexity index is 1890. The van der Waals surface area contributed by atoms with E-state index in [2.05, 4.69) is 71.8 Å². The summed E-state index contributed by atoms with van der Waals surface area (Å²) in [6, 6.07) is 21.0. The Hall–Kier alpha value is -4.56. The first-order valence-electron chi connectivity index (χ1n) is 15.8. The van der Waals surface area contributed by atoms with E-state index in [0.717, 1.165) is 60.6 Å². The summed E-state index contributed by atoms with van der Waals surface area (Å²) in [7, 11) is 0. The lowest BCUT2D eigenvalue weighted by Gasteiger charge is -2.35. The van der Waals surface area contributed by atoms with Crippen LogP contribution in [0.5, 0.6) is 0 Å². The van der Waals surface area contributed by atoms with E-state index in [1.807, 2.05) is 48.7 Å². The van der Waals surface area contributed by atoms with Crippen LogP contribution in [0.1, 0.15) is 53.9 Å². The molecule has 5 heterocycles. The highest BCUT2D eigenvalue weighted by Gasteiger charge is 2.58. The Labute approximate surface area is 272 Å². The van der Waals surface area contributed by atoms with Crippen molar-refractivity contribution in [2.24, 2.45) is 11.8 Å². The molecule has 232 valence electrons. The third-order valence-corrected chi connectivity index (χ3v) is 10.0. The number of rotatable bonds is 10. The van der Waals surface area contributed by atoms with Gasteiger partial charge < -0.3 is 15.4 Å². The van der Waals surface area contributed by atoms with Gasteiger partial charge in [0.05, 0.1) is 65.4 Å². The van der Waals surface area contributed by atoms with Gasteiger partial charge in [-0.25, -0.2) is 4.68 Å². The quantitative estimate of drug-likeness (QED) is 0.191. The molecule has 3 aromatic heterocycles. The summed E-state index contributed by atoms with van der Waals surface area (Å²) in [5.74, 6) is 1.21. The van der Waals surface area contributed by atoms with Gasteiger partial charge in [0, 0.05) is 54.6 Å². The minimum atomic E-state index is -0.325. The summed E-state index contributed by atoms with van der Waals surface area (Å²) in [5.41, 5.74) is 5.47. The Kier molecular flexibility index (Phi) is 7.53. The predicted octanol–water partition coefficient (Wildman–Crippen LogP) is 6.01. The Morgan fingerprint density at radius 1 is 1.04 bits per heavy atom. The van der Waals surface area contributed by atoms with Crippen molar-refractivity contribution in [1.29, 1.82) is 5.26 Å². The number of pyridine rings is 2. The van der Waals surface area contributed by atoms with Gasteiger partial charge in [0.15, 0.2) is 0 Å². The molecule has 8 rings (SSSR count). The molecule has 0 amide bonds. The maximum atomic E-state index is 10.1. The fourth-order valence-electron chi connectivity index (χ4n) is 7.13. The van der Waals surface area contributed by atoms with Crippen molar-refractivity contribution in [1.82, 2.24) is 29.9 Å². The fraction of sp³-hybridized carbons (Fsp3) is 0.343. The second-order valence-corrected chi connectivity index (χ2v) is 12.9. The van der Waals surface area contributed by atoms with Gasteiger partial charge in [-0.1, -0.05) is 60.1 Å². The number of piperidine rings is 1. The molecule has 46 heavy (non-hydrogen) atoms. The zero-order chi connectivity index (χ0) is 31.2. The van der Waals surface area contributed by atoms with Crippen molar-refractivity contribution < 1.29 is 4.74 Å². The van der Waals surface area contributed by atoms with Gasteiger partial charge in [-0.2, -0.15) is 5.26 Å². The molecule has 0 spiro atoms. The number of hydrogen-bond acceptors (Lipinski definition) is 9. The molecule has 3 fully saturated rings. The molecule has 1 aliphatic carbocycles. The van der Waals surface area contributed by atoms with Crippen LogP contribution in [0.2, 0.25) is 5.02 Å². The summed E-state index contributed by atoms with van der Waals surface area (Å²) in [4.78, 5) is 11.5. The largest absolute Gasteiger partial charge is 0.378 e. The lowest BCUT2D eigenvalue weighted by molar-refractivity contribution is -0.0617. The van der Waals surface area contributed by atoms with E-state index in [0.29, 0.717) is 45.7 Å². The summed E-state index contributed by atoms with van der Waals surface area (Å²) in [6.45, 7) is 6.02. The van der Waals surface area contributed by atoms with Crippen molar-refractivity contribution in [2.45, 2.75) is 37.5 Å². The molecule has 2 saturated heterocycles. The van der Waals surface area contributed by atoms with Crippen molar-refractivity contribution in [3.8, 4) is 6.07 Å². The highest BCUT2D eigenvalue weighted by atomic mass is 35.5. The maximum absolute atomic E-state index is 10.1. The molecule has 0 radical (unpaired) electrons. The topological polar surface area (TPSA) is 117 Å². The molecular weight excluding hydrogens is 598 g/mol. The van der Waals surface area contributed by atoms with Crippen molar-refractivity contribution in [2.75, 3.05) is 36.9 Å². The van der Waals surface area contributed by atoms with E-state index >= 15 is 0 Å². The zero-order valence-corrected chi connectivity index (χ0v) is 26.2. The number of likely N-dealkylation sites (tertiary alicyclic amines) is 1. The van der Waals surface area contributed by atoms with Crippen molar-refractivity contribution >= 4 is 33.9 Å². The van der Waals surface area contributed by atoms with E-state index in [1.165, 1.54) is 0 Å². The van der Waals surface area contributed by atoms with Crippen molar-refractivity contribution in [3.05, 3.63) is 107 Å². The van der Waals surface area contributed by atoms with Gasteiger partial charge in [-0.3, -0.25) is 14.9 Å². The molecule has 10 nitrogen and oxygen atoms in total. The maximum Gasteiger partial charge on any atom is 0.110 e. The third kappa shape index (κ3) is 5.24. The molecule has 5 atom stereocenters. The number of nitrogens with one attached hydrogen (secondary N) is 2. The van der Waals surface area contributed by atoms with Crippen LogP contribution < -0.4 is 10.6 Å². The van der Waals surface area contributed by atoms with Crippen LogP contribution >= 0.6 is 11.6 Å². The molecule has 11 heteroatoms. The predicted molar refractivity (Wildman–Crippen MR) is 176 cm³/mol. The third-order valence-electron chi connectivity index (χ3n) is 9.75. The lowest BCUT2D eigenvalue weighted by Crippen LogP contribution is -2.49.